The number of ether oxygens (including phenoxy) is 1. The molecular weight excluding hydrogens is 270 g/mol. The molecule has 21 heavy (non-hydrogen) atoms. The van der Waals surface area contributed by atoms with E-state index in [2.05, 4.69) is 9.97 Å². The summed E-state index contributed by atoms with van der Waals surface area (Å²) in [5.41, 5.74) is -0.317. The minimum absolute atomic E-state index is 0.0146. The summed E-state index contributed by atoms with van der Waals surface area (Å²) in [5, 5.41) is 9.59. The van der Waals surface area contributed by atoms with Gasteiger partial charge >= 0.3 is 5.97 Å². The molecule has 0 saturated carbocycles. The highest BCUT2D eigenvalue weighted by Crippen LogP contribution is 2.37. The second-order valence-corrected chi connectivity index (χ2v) is 6.39. The van der Waals surface area contributed by atoms with Gasteiger partial charge in [-0.15, -0.1) is 0 Å². The van der Waals surface area contributed by atoms with E-state index in [0.29, 0.717) is 18.4 Å². The average Bonchev–Trinajstić information content (AvgIpc) is 2.36. The fourth-order valence-electron chi connectivity index (χ4n) is 2.85. The SMILES string of the molecule is CC(C)Oc1ccnc(N2CCCC(C)(C)C2C(=O)O)n1. The number of aromatic nitrogens is 2. The maximum atomic E-state index is 11.7. The Morgan fingerprint density at radius 2 is 2.24 bits per heavy atom. The minimum atomic E-state index is -0.835. The zero-order valence-corrected chi connectivity index (χ0v) is 13.0. The van der Waals surface area contributed by atoms with Gasteiger partial charge in [0.05, 0.1) is 6.10 Å². The van der Waals surface area contributed by atoms with Gasteiger partial charge in [0.25, 0.3) is 0 Å². The van der Waals surface area contributed by atoms with Crippen molar-refractivity contribution < 1.29 is 14.6 Å². The van der Waals surface area contributed by atoms with Crippen LogP contribution in [0.1, 0.15) is 40.5 Å². The first-order chi connectivity index (χ1) is 9.81. The molecule has 1 saturated heterocycles. The third-order valence-electron chi connectivity index (χ3n) is 3.74. The van der Waals surface area contributed by atoms with Gasteiger partial charge in [-0.1, -0.05) is 13.8 Å². The number of hydrogen-bond acceptors (Lipinski definition) is 5. The lowest BCUT2D eigenvalue weighted by molar-refractivity contribution is -0.142. The number of carboxylic acid groups (broad SMARTS) is 1. The molecular formula is C15H23N3O3. The molecule has 1 unspecified atom stereocenters. The summed E-state index contributed by atoms with van der Waals surface area (Å²) in [6, 6.07) is 1.06. The second kappa shape index (κ2) is 5.87. The lowest BCUT2D eigenvalue weighted by atomic mass is 9.76. The highest BCUT2D eigenvalue weighted by Gasteiger charge is 2.43. The van der Waals surface area contributed by atoms with Crippen molar-refractivity contribution in [2.75, 3.05) is 11.4 Å². The van der Waals surface area contributed by atoms with Crippen LogP contribution in [0.2, 0.25) is 0 Å². The summed E-state index contributed by atoms with van der Waals surface area (Å²) in [5.74, 6) is 0.0642. The molecule has 0 amide bonds. The molecule has 0 radical (unpaired) electrons. The van der Waals surface area contributed by atoms with Crippen molar-refractivity contribution >= 4 is 11.9 Å². The monoisotopic (exact) mass is 293 g/mol. The van der Waals surface area contributed by atoms with Gasteiger partial charge < -0.3 is 14.7 Å². The fourth-order valence-corrected chi connectivity index (χ4v) is 2.85. The Hall–Kier alpha value is -1.85. The summed E-state index contributed by atoms with van der Waals surface area (Å²) in [6.07, 6.45) is 3.43. The van der Waals surface area contributed by atoms with E-state index in [0.717, 1.165) is 12.8 Å². The number of aliphatic carboxylic acids is 1. The molecule has 6 nitrogen and oxygen atoms in total. The number of carbonyl (C=O) groups is 1. The zero-order valence-electron chi connectivity index (χ0n) is 13.0. The Morgan fingerprint density at radius 1 is 1.52 bits per heavy atom. The van der Waals surface area contributed by atoms with Gasteiger partial charge in [0.15, 0.2) is 0 Å². The third-order valence-corrected chi connectivity index (χ3v) is 3.74. The van der Waals surface area contributed by atoms with E-state index >= 15 is 0 Å². The maximum absolute atomic E-state index is 11.7. The molecule has 0 spiro atoms. The van der Waals surface area contributed by atoms with Crippen molar-refractivity contribution in [2.24, 2.45) is 5.41 Å². The molecule has 0 bridgehead atoms. The van der Waals surface area contributed by atoms with Crippen molar-refractivity contribution in [1.82, 2.24) is 9.97 Å². The molecule has 6 heteroatoms. The van der Waals surface area contributed by atoms with E-state index in [1.54, 1.807) is 17.2 Å². The highest BCUT2D eigenvalue weighted by atomic mass is 16.5. The first kappa shape index (κ1) is 15.5. The van der Waals surface area contributed by atoms with Crippen LogP contribution < -0.4 is 9.64 Å². The van der Waals surface area contributed by atoms with Gasteiger partial charge in [-0.05, 0) is 32.1 Å². The number of nitrogens with zero attached hydrogens (tertiary/aromatic N) is 3. The molecule has 1 N–H and O–H groups in total. The highest BCUT2D eigenvalue weighted by molar-refractivity contribution is 5.78. The predicted molar refractivity (Wildman–Crippen MR) is 79.6 cm³/mol. The molecule has 1 fully saturated rings. The summed E-state index contributed by atoms with van der Waals surface area (Å²) < 4.78 is 5.57. The van der Waals surface area contributed by atoms with Gasteiger partial charge in [0, 0.05) is 18.8 Å². The normalized spacial score (nSPS) is 21.4. The Kier molecular flexibility index (Phi) is 4.34. The van der Waals surface area contributed by atoms with E-state index in [1.165, 1.54) is 0 Å². The van der Waals surface area contributed by atoms with Gasteiger partial charge in [0.1, 0.15) is 6.04 Å². The Morgan fingerprint density at radius 3 is 2.86 bits per heavy atom. The van der Waals surface area contributed by atoms with Crippen molar-refractivity contribution in [3.05, 3.63) is 12.3 Å². The molecule has 116 valence electrons. The molecule has 0 aliphatic carbocycles. The molecule has 2 heterocycles. The number of anilines is 1. The molecule has 1 aromatic heterocycles. The first-order valence-corrected chi connectivity index (χ1v) is 7.30. The van der Waals surface area contributed by atoms with Gasteiger partial charge in [-0.3, -0.25) is 0 Å². The van der Waals surface area contributed by atoms with E-state index in [1.807, 2.05) is 27.7 Å². The predicted octanol–water partition coefficient (Wildman–Crippen LogP) is 2.34. The minimum Gasteiger partial charge on any atom is -0.480 e. The lowest BCUT2D eigenvalue weighted by Crippen LogP contribution is -2.55. The molecule has 2 rings (SSSR count). The number of hydrogen-bond donors (Lipinski definition) is 1. The fraction of sp³-hybridized carbons (Fsp3) is 0.667. The standard InChI is InChI=1S/C15H23N3O3/c1-10(2)21-11-6-8-16-14(17-11)18-9-5-7-15(3,4)12(18)13(19)20/h6,8,10,12H,5,7,9H2,1-4H3,(H,19,20). The van der Waals surface area contributed by atoms with Crippen molar-refractivity contribution in [3.8, 4) is 5.88 Å². The van der Waals surface area contributed by atoms with Crippen LogP contribution >= 0.6 is 0 Å². The number of piperidine rings is 1. The van der Waals surface area contributed by atoms with Crippen LogP contribution in [-0.4, -0.2) is 39.7 Å². The lowest BCUT2D eigenvalue weighted by Gasteiger charge is -2.43. The van der Waals surface area contributed by atoms with E-state index in [-0.39, 0.29) is 11.5 Å². The van der Waals surface area contributed by atoms with Gasteiger partial charge in [-0.2, -0.15) is 4.98 Å². The average molecular weight is 293 g/mol. The van der Waals surface area contributed by atoms with Crippen molar-refractivity contribution in [2.45, 2.75) is 52.7 Å². The van der Waals surface area contributed by atoms with Crippen LogP contribution in [-0.2, 0) is 4.79 Å². The Bertz CT molecular complexity index is 517. The van der Waals surface area contributed by atoms with Crippen molar-refractivity contribution in [1.29, 1.82) is 0 Å². The van der Waals surface area contributed by atoms with E-state index in [4.69, 9.17) is 4.74 Å². The molecule has 1 aliphatic rings. The molecule has 0 aromatic carbocycles. The topological polar surface area (TPSA) is 75.5 Å². The Labute approximate surface area is 125 Å². The largest absolute Gasteiger partial charge is 0.480 e. The number of carboxylic acids is 1. The third kappa shape index (κ3) is 3.43. The molecule has 1 atom stereocenters. The summed E-state index contributed by atoms with van der Waals surface area (Å²) in [7, 11) is 0. The summed E-state index contributed by atoms with van der Waals surface area (Å²) in [4.78, 5) is 22.1. The number of rotatable bonds is 4. The second-order valence-electron chi connectivity index (χ2n) is 6.39. The van der Waals surface area contributed by atoms with Crippen LogP contribution in [0, 0.1) is 5.41 Å². The molecule has 1 aliphatic heterocycles. The van der Waals surface area contributed by atoms with E-state index in [9.17, 15) is 9.90 Å². The van der Waals surface area contributed by atoms with Crippen LogP contribution in [0.5, 0.6) is 5.88 Å². The smallest absolute Gasteiger partial charge is 0.326 e. The van der Waals surface area contributed by atoms with Crippen LogP contribution in [0.3, 0.4) is 0 Å². The van der Waals surface area contributed by atoms with E-state index < -0.39 is 12.0 Å². The zero-order chi connectivity index (χ0) is 15.6. The van der Waals surface area contributed by atoms with Crippen LogP contribution in [0.25, 0.3) is 0 Å². The van der Waals surface area contributed by atoms with Crippen molar-refractivity contribution in [3.63, 3.8) is 0 Å². The van der Waals surface area contributed by atoms with Gasteiger partial charge in [0.2, 0.25) is 11.8 Å². The van der Waals surface area contributed by atoms with Crippen LogP contribution in [0.4, 0.5) is 5.95 Å². The quantitative estimate of drug-likeness (QED) is 0.918. The summed E-state index contributed by atoms with van der Waals surface area (Å²) in [6.45, 7) is 8.45. The van der Waals surface area contributed by atoms with Gasteiger partial charge in [-0.25, -0.2) is 9.78 Å². The molecule has 1 aromatic rings. The van der Waals surface area contributed by atoms with Crippen LogP contribution in [0.15, 0.2) is 12.3 Å². The Balaban J connectivity index is 2.32. The first-order valence-electron chi connectivity index (χ1n) is 7.30. The maximum Gasteiger partial charge on any atom is 0.326 e. The summed E-state index contributed by atoms with van der Waals surface area (Å²) >= 11 is 0.